The van der Waals surface area contributed by atoms with Gasteiger partial charge in [0.15, 0.2) is 0 Å². The summed E-state index contributed by atoms with van der Waals surface area (Å²) < 4.78 is 16.7. The van der Waals surface area contributed by atoms with E-state index in [1.165, 1.54) is 12.1 Å². The fourth-order valence-electron chi connectivity index (χ4n) is 4.50. The Morgan fingerprint density at radius 3 is 2.97 bits per heavy atom. The lowest BCUT2D eigenvalue weighted by Crippen LogP contribution is -2.29. The fraction of sp³-hybridized carbons (Fsp3) is 0.273. The van der Waals surface area contributed by atoms with E-state index in [2.05, 4.69) is 27.3 Å². The Labute approximate surface area is 175 Å². The Bertz CT molecular complexity index is 1170. The molecule has 0 saturated carbocycles. The number of aliphatic hydroxyl groups is 1. The van der Waals surface area contributed by atoms with Gasteiger partial charge in [-0.3, -0.25) is 4.68 Å². The molecule has 0 radical (unpaired) electrons. The van der Waals surface area contributed by atoms with Gasteiger partial charge in [-0.2, -0.15) is 10.4 Å². The van der Waals surface area contributed by atoms with Gasteiger partial charge < -0.3 is 10.4 Å². The van der Waals surface area contributed by atoms with Gasteiger partial charge in [0.05, 0.1) is 23.4 Å². The summed E-state index contributed by atoms with van der Waals surface area (Å²) in [5, 5.41) is 28.4. The van der Waals surface area contributed by atoms with Gasteiger partial charge >= 0.3 is 0 Å². The minimum atomic E-state index is -0.680. The van der Waals surface area contributed by atoms with E-state index in [0.29, 0.717) is 23.0 Å². The summed E-state index contributed by atoms with van der Waals surface area (Å²) in [4.78, 5) is 0. The predicted octanol–water partition coefficient (Wildman–Crippen LogP) is 3.48. The summed E-state index contributed by atoms with van der Waals surface area (Å²) in [5.41, 5.74) is 6.07. The molecule has 2 atom stereocenters. The largest absolute Gasteiger partial charge is 0.390 e. The number of nitrogens with zero attached hydrogens (tertiary/aromatic N) is 3. The number of nitrogens with one attached hydrogen (secondary N) is 1. The second-order valence-corrected chi connectivity index (χ2v) is 8.36. The lowest BCUT2D eigenvalue weighted by atomic mass is 10.00. The van der Waals surface area contributed by atoms with Crippen LogP contribution in [-0.4, -0.2) is 27.5 Å². The highest BCUT2D eigenvalue weighted by Gasteiger charge is 2.37. The van der Waals surface area contributed by atoms with Crippen LogP contribution in [0, 0.1) is 17.1 Å². The van der Waals surface area contributed by atoms with Crippen LogP contribution in [0.15, 0.2) is 40.9 Å². The number of rotatable bonds is 2. The molecule has 146 valence electrons. The Balaban J connectivity index is 1.70. The first kappa shape index (κ1) is 18.5. The zero-order chi connectivity index (χ0) is 20.1. The van der Waals surface area contributed by atoms with E-state index >= 15 is 0 Å². The maximum absolute atomic E-state index is 14.1. The number of halogens is 2. The SMILES string of the molecule is N#Cc1cccc(-c2nn([C@@H]3c4cc(F)cc(Br)c4C[C@H]3O)c3c2CNCC3)c1. The van der Waals surface area contributed by atoms with Crippen LogP contribution in [0.1, 0.15) is 34.0 Å². The lowest BCUT2D eigenvalue weighted by molar-refractivity contribution is 0.137. The van der Waals surface area contributed by atoms with Crippen LogP contribution in [0.5, 0.6) is 0 Å². The molecule has 5 nitrogen and oxygen atoms in total. The van der Waals surface area contributed by atoms with Crippen LogP contribution < -0.4 is 5.32 Å². The van der Waals surface area contributed by atoms with Crippen LogP contribution >= 0.6 is 15.9 Å². The van der Waals surface area contributed by atoms with Crippen molar-refractivity contribution in [2.45, 2.75) is 31.5 Å². The molecule has 0 saturated heterocycles. The van der Waals surface area contributed by atoms with Crippen molar-refractivity contribution < 1.29 is 9.50 Å². The zero-order valence-electron chi connectivity index (χ0n) is 15.5. The number of aliphatic hydroxyl groups excluding tert-OH is 1. The van der Waals surface area contributed by atoms with Crippen molar-refractivity contribution in [3.8, 4) is 17.3 Å². The molecule has 0 amide bonds. The van der Waals surface area contributed by atoms with Crippen molar-refractivity contribution in [3.63, 3.8) is 0 Å². The monoisotopic (exact) mass is 452 g/mol. The molecule has 1 aliphatic carbocycles. The fourth-order valence-corrected chi connectivity index (χ4v) is 5.11. The van der Waals surface area contributed by atoms with Gasteiger partial charge in [-0.1, -0.05) is 28.1 Å². The van der Waals surface area contributed by atoms with Crippen LogP contribution in [0.25, 0.3) is 11.3 Å². The molecule has 5 rings (SSSR count). The van der Waals surface area contributed by atoms with E-state index in [1.807, 2.05) is 22.9 Å². The summed E-state index contributed by atoms with van der Waals surface area (Å²) in [7, 11) is 0. The molecule has 7 heteroatoms. The topological polar surface area (TPSA) is 73.9 Å². The first-order valence-corrected chi connectivity index (χ1v) is 10.3. The summed E-state index contributed by atoms with van der Waals surface area (Å²) in [6, 6.07) is 12.1. The minimum absolute atomic E-state index is 0.334. The maximum Gasteiger partial charge on any atom is 0.124 e. The van der Waals surface area contributed by atoms with Crippen molar-refractivity contribution in [2.24, 2.45) is 0 Å². The molecule has 0 fully saturated rings. The molecule has 3 aromatic rings. The van der Waals surface area contributed by atoms with Gasteiger partial charge in [-0.25, -0.2) is 4.39 Å². The average Bonchev–Trinajstić information content (AvgIpc) is 3.25. The van der Waals surface area contributed by atoms with E-state index in [-0.39, 0.29) is 5.82 Å². The van der Waals surface area contributed by atoms with Crippen molar-refractivity contribution in [2.75, 3.05) is 6.54 Å². The maximum atomic E-state index is 14.1. The summed E-state index contributed by atoms with van der Waals surface area (Å²) >= 11 is 3.44. The van der Waals surface area contributed by atoms with Crippen LogP contribution in [0.3, 0.4) is 0 Å². The second-order valence-electron chi connectivity index (χ2n) is 7.51. The predicted molar refractivity (Wildman–Crippen MR) is 110 cm³/mol. The minimum Gasteiger partial charge on any atom is -0.390 e. The first-order chi connectivity index (χ1) is 14.1. The third-order valence-corrected chi connectivity index (χ3v) is 6.49. The third kappa shape index (κ3) is 2.99. The van der Waals surface area contributed by atoms with Crippen LogP contribution in [0.4, 0.5) is 4.39 Å². The highest BCUT2D eigenvalue weighted by atomic mass is 79.9. The van der Waals surface area contributed by atoms with Gasteiger partial charge in [0, 0.05) is 47.2 Å². The van der Waals surface area contributed by atoms with Crippen molar-refractivity contribution in [1.82, 2.24) is 15.1 Å². The van der Waals surface area contributed by atoms with E-state index in [9.17, 15) is 14.8 Å². The Hall–Kier alpha value is -2.53. The molecule has 0 bridgehead atoms. The Morgan fingerprint density at radius 2 is 2.14 bits per heavy atom. The second kappa shape index (κ2) is 7.06. The zero-order valence-corrected chi connectivity index (χ0v) is 17.1. The van der Waals surface area contributed by atoms with E-state index in [0.717, 1.165) is 46.6 Å². The molecule has 2 heterocycles. The summed E-state index contributed by atoms with van der Waals surface area (Å²) in [5.74, 6) is -0.334. The van der Waals surface area contributed by atoms with Crippen molar-refractivity contribution in [3.05, 3.63) is 74.6 Å². The van der Waals surface area contributed by atoms with Gasteiger partial charge in [0.2, 0.25) is 0 Å². The average molecular weight is 453 g/mol. The van der Waals surface area contributed by atoms with Crippen molar-refractivity contribution >= 4 is 15.9 Å². The Morgan fingerprint density at radius 1 is 1.28 bits per heavy atom. The van der Waals surface area contributed by atoms with Gasteiger partial charge in [0.1, 0.15) is 11.9 Å². The molecule has 2 aliphatic rings. The van der Waals surface area contributed by atoms with E-state index in [1.54, 1.807) is 6.07 Å². The normalized spacial score (nSPS) is 20.2. The molecule has 2 N–H and O–H groups in total. The van der Waals surface area contributed by atoms with Crippen molar-refractivity contribution in [1.29, 1.82) is 5.26 Å². The van der Waals surface area contributed by atoms with Gasteiger partial charge in [0.25, 0.3) is 0 Å². The molecule has 1 aliphatic heterocycles. The molecule has 0 spiro atoms. The number of nitriles is 1. The standard InChI is InChI=1S/C22H18BrFN4O/c23-18-8-14(24)7-16-15(18)9-20(29)22(16)28-19-4-5-26-11-17(19)21(27-28)13-3-1-2-12(6-13)10-25/h1-3,6-8,20,22,26,29H,4-5,9,11H2/t20-,22-/m1/s1. The Kier molecular flexibility index (Phi) is 4.50. The molecule has 1 aromatic heterocycles. The van der Waals surface area contributed by atoms with E-state index < -0.39 is 12.1 Å². The third-order valence-electron chi connectivity index (χ3n) is 5.78. The molecule has 0 unspecified atom stereocenters. The van der Waals surface area contributed by atoms with Crippen LogP contribution in [-0.2, 0) is 19.4 Å². The number of benzene rings is 2. The molecular formula is C22H18BrFN4O. The van der Waals surface area contributed by atoms with Crippen LogP contribution in [0.2, 0.25) is 0 Å². The molecule has 29 heavy (non-hydrogen) atoms. The number of aromatic nitrogens is 2. The quantitative estimate of drug-likeness (QED) is 0.624. The molecular weight excluding hydrogens is 435 g/mol. The summed E-state index contributed by atoms with van der Waals surface area (Å²) in [6.45, 7) is 1.49. The highest BCUT2D eigenvalue weighted by Crippen LogP contribution is 2.41. The number of fused-ring (bicyclic) bond motifs is 2. The number of hydrogen-bond donors (Lipinski definition) is 2. The van der Waals surface area contributed by atoms with Gasteiger partial charge in [-0.05, 0) is 35.4 Å². The van der Waals surface area contributed by atoms with E-state index in [4.69, 9.17) is 5.10 Å². The highest BCUT2D eigenvalue weighted by molar-refractivity contribution is 9.10. The first-order valence-electron chi connectivity index (χ1n) is 9.54. The molecule has 2 aromatic carbocycles. The number of hydrogen-bond acceptors (Lipinski definition) is 4. The van der Waals surface area contributed by atoms with Gasteiger partial charge in [-0.15, -0.1) is 0 Å². The summed E-state index contributed by atoms with van der Waals surface area (Å²) in [6.07, 6.45) is 0.544. The lowest BCUT2D eigenvalue weighted by Gasteiger charge is -2.22. The smallest absolute Gasteiger partial charge is 0.124 e.